The molecule has 0 aliphatic rings. The van der Waals surface area contributed by atoms with Crippen molar-refractivity contribution in [1.82, 2.24) is 0 Å². The monoisotopic (exact) mass is 269 g/mol. The van der Waals surface area contributed by atoms with Gasteiger partial charge in [0.25, 0.3) is 0 Å². The van der Waals surface area contributed by atoms with Crippen LogP contribution in [0.1, 0.15) is 19.4 Å². The second-order valence-electron chi connectivity index (χ2n) is 4.17. The predicted octanol–water partition coefficient (Wildman–Crippen LogP) is 3.19. The summed E-state index contributed by atoms with van der Waals surface area (Å²) >= 11 is 6.21. The molecule has 0 bridgehead atoms. The molecule has 0 fully saturated rings. The van der Waals surface area contributed by atoms with Crippen LogP contribution in [0.4, 0.5) is 0 Å². The van der Waals surface area contributed by atoms with Crippen molar-refractivity contribution in [2.24, 2.45) is 5.73 Å². The number of methoxy groups -OCH3 is 1. The average molecular weight is 270 g/mol. The van der Waals surface area contributed by atoms with Crippen LogP contribution in [0, 0.1) is 0 Å². The zero-order valence-corrected chi connectivity index (χ0v) is 11.8. The van der Waals surface area contributed by atoms with Gasteiger partial charge < -0.3 is 15.2 Å². The lowest BCUT2D eigenvalue weighted by Crippen LogP contribution is -2.17. The van der Waals surface area contributed by atoms with Crippen LogP contribution in [0.25, 0.3) is 0 Å². The maximum Gasteiger partial charge on any atom is 0.180 e. The van der Waals surface area contributed by atoms with E-state index in [0.717, 1.165) is 12.0 Å². The highest BCUT2D eigenvalue weighted by Gasteiger charge is 2.12. The maximum absolute atomic E-state index is 6.21. The van der Waals surface area contributed by atoms with E-state index in [4.69, 9.17) is 26.8 Å². The second-order valence-corrected chi connectivity index (χ2v) is 4.58. The van der Waals surface area contributed by atoms with Crippen LogP contribution in [0.15, 0.2) is 24.3 Å². The summed E-state index contributed by atoms with van der Waals surface area (Å²) in [6, 6.07) is 3.87. The highest BCUT2D eigenvalue weighted by Crippen LogP contribution is 2.36. The number of halogens is 1. The number of hydrogen-bond acceptors (Lipinski definition) is 3. The molecule has 1 atom stereocenters. The van der Waals surface area contributed by atoms with Gasteiger partial charge in [0, 0.05) is 6.04 Å². The summed E-state index contributed by atoms with van der Waals surface area (Å²) in [7, 11) is 1.60. The van der Waals surface area contributed by atoms with E-state index in [-0.39, 0.29) is 6.04 Å². The molecule has 0 amide bonds. The number of allylic oxidation sites excluding steroid dienone is 1. The Morgan fingerprint density at radius 1 is 1.44 bits per heavy atom. The van der Waals surface area contributed by atoms with Crippen molar-refractivity contribution in [3.63, 3.8) is 0 Å². The van der Waals surface area contributed by atoms with Gasteiger partial charge in [-0.05, 0) is 38.0 Å². The molecule has 0 heterocycles. The van der Waals surface area contributed by atoms with Crippen LogP contribution in [0.3, 0.4) is 0 Å². The highest BCUT2D eigenvalue weighted by atomic mass is 35.5. The first-order chi connectivity index (χ1) is 8.58. The van der Waals surface area contributed by atoms with E-state index in [9.17, 15) is 0 Å². The van der Waals surface area contributed by atoms with Gasteiger partial charge in [-0.2, -0.15) is 0 Å². The molecule has 0 aromatic heterocycles. The number of ether oxygens (including phenoxy) is 2. The summed E-state index contributed by atoms with van der Waals surface area (Å²) in [6.45, 7) is 4.37. The van der Waals surface area contributed by atoms with Crippen molar-refractivity contribution >= 4 is 11.6 Å². The molecule has 0 aliphatic carbocycles. The number of hydrogen-bond donors (Lipinski definition) is 1. The fourth-order valence-corrected chi connectivity index (χ4v) is 1.92. The van der Waals surface area contributed by atoms with Gasteiger partial charge >= 0.3 is 0 Å². The second kappa shape index (κ2) is 7.29. The minimum atomic E-state index is 0.0839. The SMILES string of the molecule is C/C=C/COc1c(Cl)cc(CC(C)N)cc1OC. The Hall–Kier alpha value is -1.19. The van der Waals surface area contributed by atoms with Gasteiger partial charge in [0.2, 0.25) is 0 Å². The van der Waals surface area contributed by atoms with Crippen LogP contribution >= 0.6 is 11.6 Å². The molecule has 1 rings (SSSR count). The first-order valence-electron chi connectivity index (χ1n) is 5.94. The normalized spacial score (nSPS) is 12.7. The third kappa shape index (κ3) is 4.24. The Balaban J connectivity index is 2.96. The molecule has 1 aromatic carbocycles. The maximum atomic E-state index is 6.21. The molecule has 4 heteroatoms. The predicted molar refractivity (Wildman–Crippen MR) is 75.7 cm³/mol. The van der Waals surface area contributed by atoms with Crippen molar-refractivity contribution in [1.29, 1.82) is 0 Å². The lowest BCUT2D eigenvalue weighted by atomic mass is 10.1. The van der Waals surface area contributed by atoms with Crippen LogP contribution in [0.5, 0.6) is 11.5 Å². The van der Waals surface area contributed by atoms with E-state index < -0.39 is 0 Å². The van der Waals surface area contributed by atoms with Gasteiger partial charge in [-0.1, -0.05) is 23.8 Å². The van der Waals surface area contributed by atoms with Gasteiger partial charge in [0.15, 0.2) is 11.5 Å². The lowest BCUT2D eigenvalue weighted by molar-refractivity contribution is 0.326. The van der Waals surface area contributed by atoms with Crippen LogP contribution in [-0.2, 0) is 6.42 Å². The Morgan fingerprint density at radius 2 is 2.17 bits per heavy atom. The van der Waals surface area contributed by atoms with Crippen molar-refractivity contribution in [2.45, 2.75) is 26.3 Å². The molecular formula is C14H20ClNO2. The summed E-state index contributed by atoms with van der Waals surface area (Å²) < 4.78 is 10.9. The molecule has 1 unspecified atom stereocenters. The summed E-state index contributed by atoms with van der Waals surface area (Å²) in [6.07, 6.45) is 4.59. The molecule has 0 aliphatic heterocycles. The number of benzene rings is 1. The van der Waals surface area contributed by atoms with Gasteiger partial charge in [0.1, 0.15) is 6.61 Å². The summed E-state index contributed by atoms with van der Waals surface area (Å²) in [5, 5.41) is 0.550. The number of nitrogens with two attached hydrogens (primary N) is 1. The van der Waals surface area contributed by atoms with E-state index in [2.05, 4.69) is 0 Å². The molecule has 0 spiro atoms. The van der Waals surface area contributed by atoms with E-state index in [1.165, 1.54) is 0 Å². The number of rotatable bonds is 6. The fourth-order valence-electron chi connectivity index (χ4n) is 1.63. The molecule has 3 nitrogen and oxygen atoms in total. The van der Waals surface area contributed by atoms with E-state index in [1.807, 2.05) is 38.1 Å². The quantitative estimate of drug-likeness (QED) is 0.807. The van der Waals surface area contributed by atoms with Crippen molar-refractivity contribution in [3.8, 4) is 11.5 Å². The van der Waals surface area contributed by atoms with Crippen molar-refractivity contribution in [3.05, 3.63) is 34.9 Å². The zero-order valence-electron chi connectivity index (χ0n) is 11.1. The smallest absolute Gasteiger partial charge is 0.180 e. The van der Waals surface area contributed by atoms with Crippen LogP contribution in [-0.4, -0.2) is 19.8 Å². The molecule has 100 valence electrons. The highest BCUT2D eigenvalue weighted by molar-refractivity contribution is 6.32. The molecule has 2 N–H and O–H groups in total. The Kier molecular flexibility index (Phi) is 6.02. The molecule has 18 heavy (non-hydrogen) atoms. The van der Waals surface area contributed by atoms with Crippen LogP contribution in [0.2, 0.25) is 5.02 Å². The van der Waals surface area contributed by atoms with Crippen LogP contribution < -0.4 is 15.2 Å². The van der Waals surface area contributed by atoms with Crippen molar-refractivity contribution < 1.29 is 9.47 Å². The topological polar surface area (TPSA) is 44.5 Å². The molecule has 0 saturated carbocycles. The van der Waals surface area contributed by atoms with E-state index in [1.54, 1.807) is 7.11 Å². The average Bonchev–Trinajstić information content (AvgIpc) is 2.30. The molecule has 0 saturated heterocycles. The largest absolute Gasteiger partial charge is 0.493 e. The standard InChI is InChI=1S/C14H20ClNO2/c1-4-5-6-18-14-12(15)8-11(7-10(2)16)9-13(14)17-3/h4-5,8-10H,6-7,16H2,1-3H3/b5-4+. The third-order valence-corrected chi connectivity index (χ3v) is 2.69. The first kappa shape index (κ1) is 14.9. The van der Waals surface area contributed by atoms with Gasteiger partial charge in [-0.15, -0.1) is 0 Å². The van der Waals surface area contributed by atoms with Gasteiger partial charge in [-0.3, -0.25) is 0 Å². The Morgan fingerprint density at radius 3 is 2.72 bits per heavy atom. The molecular weight excluding hydrogens is 250 g/mol. The lowest BCUT2D eigenvalue weighted by Gasteiger charge is -2.14. The minimum Gasteiger partial charge on any atom is -0.493 e. The van der Waals surface area contributed by atoms with Crippen molar-refractivity contribution in [2.75, 3.05) is 13.7 Å². The Labute approximate surface area is 114 Å². The van der Waals surface area contributed by atoms with E-state index in [0.29, 0.717) is 23.1 Å². The summed E-state index contributed by atoms with van der Waals surface area (Å²) in [4.78, 5) is 0. The summed E-state index contributed by atoms with van der Waals surface area (Å²) in [5.41, 5.74) is 6.82. The zero-order chi connectivity index (χ0) is 13.5. The molecule has 1 aromatic rings. The molecule has 0 radical (unpaired) electrons. The third-order valence-electron chi connectivity index (χ3n) is 2.41. The Bertz CT molecular complexity index is 417. The minimum absolute atomic E-state index is 0.0839. The fraction of sp³-hybridized carbons (Fsp3) is 0.429. The van der Waals surface area contributed by atoms with Gasteiger partial charge in [0.05, 0.1) is 12.1 Å². The van der Waals surface area contributed by atoms with Gasteiger partial charge in [-0.25, -0.2) is 0 Å². The first-order valence-corrected chi connectivity index (χ1v) is 6.32. The summed E-state index contributed by atoms with van der Waals surface area (Å²) in [5.74, 6) is 1.22. The van der Waals surface area contributed by atoms with E-state index >= 15 is 0 Å².